The Balaban J connectivity index is 3.98. The maximum atomic E-state index is 10.2. The van der Waals surface area contributed by atoms with Gasteiger partial charge < -0.3 is 4.74 Å². The fraction of sp³-hybridized carbons (Fsp3) is 0.286. The Kier molecular flexibility index (Phi) is 4.67. The van der Waals surface area contributed by atoms with Crippen LogP contribution in [-0.4, -0.2) is 5.43 Å². The van der Waals surface area contributed by atoms with Gasteiger partial charge in [0.1, 0.15) is 5.76 Å². The highest BCUT2D eigenvalue weighted by Gasteiger charge is 1.96. The molecule has 0 saturated heterocycles. The molecule has 0 aromatic heterocycles. The third kappa shape index (κ3) is 4.15. The van der Waals surface area contributed by atoms with Crippen LogP contribution < -0.4 is 0 Å². The number of carbonyl (C=O) groups is 1. The summed E-state index contributed by atoms with van der Waals surface area (Å²) in [5, 5.41) is 0. The molecule has 0 bridgehead atoms. The van der Waals surface area contributed by atoms with Crippen molar-refractivity contribution < 1.29 is 9.53 Å². The summed E-state index contributed by atoms with van der Waals surface area (Å²) < 4.78 is 4.54. The number of halogens is 1. The average Bonchev–Trinajstić information content (AvgIpc) is 1.86. The molecule has 0 unspecified atom stereocenters. The van der Waals surface area contributed by atoms with E-state index in [0.717, 1.165) is 0 Å². The molecule has 0 fully saturated rings. The van der Waals surface area contributed by atoms with Gasteiger partial charge in [-0.2, -0.15) is 0 Å². The molecule has 2 nitrogen and oxygen atoms in total. The van der Waals surface area contributed by atoms with E-state index in [4.69, 9.17) is 11.6 Å². The molecule has 0 saturated carbocycles. The van der Waals surface area contributed by atoms with Gasteiger partial charge in [0.05, 0.1) is 0 Å². The molecule has 3 heteroatoms. The Morgan fingerprint density at radius 1 is 1.50 bits per heavy atom. The summed E-state index contributed by atoms with van der Waals surface area (Å²) in [6, 6.07) is 0. The molecule has 0 aromatic rings. The number of carbonyl (C=O) groups excluding carboxylic acids is 1. The summed E-state index contributed by atoms with van der Waals surface area (Å²) in [6.45, 7) is 3.58. The van der Waals surface area contributed by atoms with Crippen molar-refractivity contribution >= 4 is 17.0 Å². The first-order valence-corrected chi connectivity index (χ1v) is 3.24. The van der Waals surface area contributed by atoms with E-state index in [9.17, 15) is 4.79 Å². The van der Waals surface area contributed by atoms with Gasteiger partial charge in [-0.05, 0) is 26.0 Å². The summed E-state index contributed by atoms with van der Waals surface area (Å²) >= 11 is 4.95. The summed E-state index contributed by atoms with van der Waals surface area (Å²) in [5.74, 6) is 0.461. The lowest BCUT2D eigenvalue weighted by Gasteiger charge is -1.96. The van der Waals surface area contributed by atoms with E-state index in [1.807, 2.05) is 6.92 Å². The van der Waals surface area contributed by atoms with Crippen LogP contribution in [0.4, 0.5) is 4.79 Å². The molecule has 0 rings (SSSR count). The van der Waals surface area contributed by atoms with Gasteiger partial charge in [0, 0.05) is 11.6 Å². The average molecular weight is 161 g/mol. The highest BCUT2D eigenvalue weighted by Crippen LogP contribution is 2.02. The normalized spacial score (nSPS) is 12.1. The van der Waals surface area contributed by atoms with Crippen LogP contribution in [0.5, 0.6) is 0 Å². The van der Waals surface area contributed by atoms with Crippen molar-refractivity contribution in [1.82, 2.24) is 0 Å². The van der Waals surface area contributed by atoms with Crippen LogP contribution in [-0.2, 0) is 4.74 Å². The van der Waals surface area contributed by atoms with Gasteiger partial charge in [-0.15, -0.1) is 0 Å². The molecule has 0 aliphatic rings. The van der Waals surface area contributed by atoms with Crippen molar-refractivity contribution in [3.63, 3.8) is 0 Å². The van der Waals surface area contributed by atoms with Gasteiger partial charge in [-0.25, -0.2) is 4.79 Å². The lowest BCUT2D eigenvalue weighted by atomic mass is 10.4. The SMILES string of the molecule is C/C=C\C(=C/C)OC(=O)Cl. The molecule has 0 aliphatic heterocycles. The van der Waals surface area contributed by atoms with Crippen LogP contribution in [0.25, 0.3) is 0 Å². The molecule has 0 aromatic carbocycles. The van der Waals surface area contributed by atoms with Gasteiger partial charge in [0.25, 0.3) is 0 Å². The lowest BCUT2D eigenvalue weighted by molar-refractivity contribution is 0.206. The molecule has 0 spiro atoms. The number of allylic oxidation sites excluding steroid dienone is 3. The topological polar surface area (TPSA) is 26.3 Å². The summed E-state index contributed by atoms with van der Waals surface area (Å²) in [5.41, 5.74) is -0.814. The predicted molar refractivity (Wildman–Crippen MR) is 40.9 cm³/mol. The second-order valence-corrected chi connectivity index (χ2v) is 1.84. The molecular weight excluding hydrogens is 152 g/mol. The minimum absolute atomic E-state index is 0.461. The molecule has 56 valence electrons. The van der Waals surface area contributed by atoms with Gasteiger partial charge in [0.15, 0.2) is 0 Å². The van der Waals surface area contributed by atoms with E-state index >= 15 is 0 Å². The van der Waals surface area contributed by atoms with Crippen molar-refractivity contribution in [2.45, 2.75) is 13.8 Å². The standard InChI is InChI=1S/C7H9ClO2/c1-3-5-6(4-2)10-7(8)9/h3-5H,1-2H3/b5-3-,6-4+. The highest BCUT2D eigenvalue weighted by atomic mass is 35.5. The molecule has 0 radical (unpaired) electrons. The smallest absolute Gasteiger partial charge is 0.409 e. The van der Waals surface area contributed by atoms with Crippen LogP contribution in [0.2, 0.25) is 0 Å². The lowest BCUT2D eigenvalue weighted by Crippen LogP contribution is -1.90. The summed E-state index contributed by atoms with van der Waals surface area (Å²) in [4.78, 5) is 10.2. The first-order chi connectivity index (χ1) is 4.70. The van der Waals surface area contributed by atoms with Crippen molar-refractivity contribution in [1.29, 1.82) is 0 Å². The molecular formula is C7H9ClO2. The third-order valence-corrected chi connectivity index (χ3v) is 0.891. The van der Waals surface area contributed by atoms with Crippen LogP contribution >= 0.6 is 11.6 Å². The zero-order valence-corrected chi connectivity index (χ0v) is 6.68. The van der Waals surface area contributed by atoms with E-state index in [0.29, 0.717) is 5.76 Å². The summed E-state index contributed by atoms with van der Waals surface area (Å²) in [7, 11) is 0. The monoisotopic (exact) mass is 160 g/mol. The number of rotatable bonds is 2. The fourth-order valence-corrected chi connectivity index (χ4v) is 0.535. The second-order valence-electron chi connectivity index (χ2n) is 1.53. The predicted octanol–water partition coefficient (Wildman–Crippen LogP) is 2.84. The second kappa shape index (κ2) is 5.06. The van der Waals surface area contributed by atoms with Crippen LogP contribution in [0.15, 0.2) is 24.0 Å². The first-order valence-electron chi connectivity index (χ1n) is 2.87. The maximum Gasteiger partial charge on any atom is 0.409 e. The molecule has 0 aliphatic carbocycles. The first kappa shape index (κ1) is 9.24. The number of hydrogen-bond donors (Lipinski definition) is 0. The third-order valence-electron chi connectivity index (χ3n) is 0.814. The van der Waals surface area contributed by atoms with Crippen molar-refractivity contribution in [3.05, 3.63) is 24.0 Å². The van der Waals surface area contributed by atoms with Crippen LogP contribution in [0.3, 0.4) is 0 Å². The Morgan fingerprint density at radius 3 is 2.40 bits per heavy atom. The van der Waals surface area contributed by atoms with Crippen molar-refractivity contribution in [3.8, 4) is 0 Å². The number of hydrogen-bond acceptors (Lipinski definition) is 2. The van der Waals surface area contributed by atoms with Gasteiger partial charge >= 0.3 is 5.43 Å². The molecule has 0 heterocycles. The van der Waals surface area contributed by atoms with E-state index in [-0.39, 0.29) is 0 Å². The fourth-order valence-electron chi connectivity index (χ4n) is 0.446. The molecule has 10 heavy (non-hydrogen) atoms. The summed E-state index contributed by atoms with van der Waals surface area (Å²) in [6.07, 6.45) is 5.07. The van der Waals surface area contributed by atoms with E-state index in [1.54, 1.807) is 25.2 Å². The number of ether oxygens (including phenoxy) is 1. The van der Waals surface area contributed by atoms with Crippen molar-refractivity contribution in [2.75, 3.05) is 0 Å². The van der Waals surface area contributed by atoms with E-state index in [1.165, 1.54) is 0 Å². The Labute approximate surface area is 65.1 Å². The molecule has 0 atom stereocenters. The van der Waals surface area contributed by atoms with Gasteiger partial charge in [0.2, 0.25) is 0 Å². The van der Waals surface area contributed by atoms with Crippen LogP contribution in [0, 0.1) is 0 Å². The minimum Gasteiger partial charge on any atom is -0.415 e. The van der Waals surface area contributed by atoms with Gasteiger partial charge in [-0.1, -0.05) is 6.08 Å². The van der Waals surface area contributed by atoms with E-state index in [2.05, 4.69) is 4.74 Å². The van der Waals surface area contributed by atoms with Crippen LogP contribution in [0.1, 0.15) is 13.8 Å². The zero-order chi connectivity index (χ0) is 7.98. The Hall–Kier alpha value is -0.760. The quantitative estimate of drug-likeness (QED) is 0.353. The highest BCUT2D eigenvalue weighted by molar-refractivity contribution is 6.61. The Morgan fingerprint density at radius 2 is 2.10 bits per heavy atom. The van der Waals surface area contributed by atoms with Crippen molar-refractivity contribution in [2.24, 2.45) is 0 Å². The van der Waals surface area contributed by atoms with E-state index < -0.39 is 5.43 Å². The largest absolute Gasteiger partial charge is 0.415 e. The molecule has 0 N–H and O–H groups in total. The Bertz CT molecular complexity index is 170. The zero-order valence-electron chi connectivity index (χ0n) is 5.93. The minimum atomic E-state index is -0.814. The van der Waals surface area contributed by atoms with Gasteiger partial charge in [-0.3, -0.25) is 0 Å². The maximum absolute atomic E-state index is 10.2. The molecule has 0 amide bonds.